The molecule has 0 fully saturated rings. The number of nitrogens with one attached hydrogen (secondary N) is 1. The zero-order valence-electron chi connectivity index (χ0n) is 14.2. The summed E-state index contributed by atoms with van der Waals surface area (Å²) in [6.07, 6.45) is 2.93. The number of aromatic nitrogens is 2. The zero-order valence-corrected chi connectivity index (χ0v) is 14.2. The van der Waals surface area contributed by atoms with Crippen LogP contribution in [0.4, 0.5) is 0 Å². The Kier molecular flexibility index (Phi) is 5.00. The molecule has 1 amide bonds. The van der Waals surface area contributed by atoms with Gasteiger partial charge in [-0.3, -0.25) is 9.78 Å². The highest BCUT2D eigenvalue weighted by atomic mass is 16.3. The van der Waals surface area contributed by atoms with Crippen LogP contribution in [-0.2, 0) is 13.1 Å². The fourth-order valence-corrected chi connectivity index (χ4v) is 2.80. The maximum Gasteiger partial charge on any atom is 0.251 e. The molecule has 1 aromatic carbocycles. The van der Waals surface area contributed by atoms with Crippen molar-refractivity contribution in [3.05, 3.63) is 59.5 Å². The van der Waals surface area contributed by atoms with Crippen LogP contribution < -0.4 is 11.1 Å². The molecule has 3 aromatic rings. The van der Waals surface area contributed by atoms with E-state index in [-0.39, 0.29) is 18.2 Å². The van der Waals surface area contributed by atoms with Crippen LogP contribution in [0.25, 0.3) is 10.9 Å². The predicted molar refractivity (Wildman–Crippen MR) is 97.4 cm³/mol. The molecule has 0 bridgehead atoms. The lowest BCUT2D eigenvalue weighted by molar-refractivity contribution is 0.0950. The molecule has 130 valence electrons. The van der Waals surface area contributed by atoms with E-state index in [0.29, 0.717) is 17.8 Å². The number of aryl methyl sites for hydroxylation is 2. The van der Waals surface area contributed by atoms with E-state index in [9.17, 15) is 9.90 Å². The van der Waals surface area contributed by atoms with Crippen molar-refractivity contribution in [2.45, 2.75) is 26.4 Å². The van der Waals surface area contributed by atoms with Crippen molar-refractivity contribution < 1.29 is 9.90 Å². The van der Waals surface area contributed by atoms with Crippen LogP contribution in [0.1, 0.15) is 28.2 Å². The van der Waals surface area contributed by atoms with E-state index in [4.69, 9.17) is 5.73 Å². The Morgan fingerprint density at radius 2 is 2.12 bits per heavy atom. The Morgan fingerprint density at radius 1 is 1.28 bits per heavy atom. The molecule has 0 saturated carbocycles. The second-order valence-corrected chi connectivity index (χ2v) is 6.03. The maximum absolute atomic E-state index is 12.4. The summed E-state index contributed by atoms with van der Waals surface area (Å²) in [6, 6.07) is 10.9. The SMILES string of the molecule is Cc1ccc(O)c(CNC(=O)c2ccc3c(ccn3CCCN)c2)n1. The van der Waals surface area contributed by atoms with Crippen molar-refractivity contribution >= 4 is 16.8 Å². The van der Waals surface area contributed by atoms with Gasteiger partial charge in [-0.25, -0.2) is 0 Å². The van der Waals surface area contributed by atoms with Crippen LogP contribution >= 0.6 is 0 Å². The number of amides is 1. The van der Waals surface area contributed by atoms with Gasteiger partial charge in [0.1, 0.15) is 11.4 Å². The average Bonchev–Trinajstić information content (AvgIpc) is 3.02. The highest BCUT2D eigenvalue weighted by Crippen LogP contribution is 2.19. The molecule has 2 aromatic heterocycles. The van der Waals surface area contributed by atoms with Crippen molar-refractivity contribution in [2.75, 3.05) is 6.54 Å². The Morgan fingerprint density at radius 3 is 2.92 bits per heavy atom. The first-order valence-electron chi connectivity index (χ1n) is 8.31. The molecule has 6 heteroatoms. The van der Waals surface area contributed by atoms with Crippen molar-refractivity contribution in [1.29, 1.82) is 0 Å². The number of pyridine rings is 1. The van der Waals surface area contributed by atoms with E-state index in [0.717, 1.165) is 29.6 Å². The van der Waals surface area contributed by atoms with Crippen LogP contribution in [-0.4, -0.2) is 27.1 Å². The van der Waals surface area contributed by atoms with Gasteiger partial charge in [0, 0.05) is 34.9 Å². The van der Waals surface area contributed by atoms with Crippen molar-refractivity contribution in [1.82, 2.24) is 14.9 Å². The fourth-order valence-electron chi connectivity index (χ4n) is 2.80. The quantitative estimate of drug-likeness (QED) is 0.643. The molecule has 6 nitrogen and oxygen atoms in total. The Labute approximate surface area is 146 Å². The minimum absolute atomic E-state index is 0.0818. The third-order valence-electron chi connectivity index (χ3n) is 4.14. The highest BCUT2D eigenvalue weighted by molar-refractivity contribution is 5.98. The van der Waals surface area contributed by atoms with E-state index in [1.165, 1.54) is 0 Å². The lowest BCUT2D eigenvalue weighted by atomic mass is 10.1. The number of fused-ring (bicyclic) bond motifs is 1. The molecule has 3 rings (SSSR count). The van der Waals surface area contributed by atoms with Gasteiger partial charge in [0.25, 0.3) is 5.91 Å². The molecule has 0 spiro atoms. The van der Waals surface area contributed by atoms with Crippen molar-refractivity contribution in [3.63, 3.8) is 0 Å². The first kappa shape index (κ1) is 17.0. The lowest BCUT2D eigenvalue weighted by Gasteiger charge is -2.08. The van der Waals surface area contributed by atoms with Gasteiger partial charge in [-0.05, 0) is 56.3 Å². The number of hydrogen-bond donors (Lipinski definition) is 3. The molecule has 2 heterocycles. The Bertz CT molecular complexity index is 902. The Hall–Kier alpha value is -2.86. The van der Waals surface area contributed by atoms with Gasteiger partial charge in [-0.2, -0.15) is 0 Å². The molecule has 0 unspecified atom stereocenters. The summed E-state index contributed by atoms with van der Waals surface area (Å²) < 4.78 is 2.14. The van der Waals surface area contributed by atoms with Crippen LogP contribution in [0.15, 0.2) is 42.6 Å². The summed E-state index contributed by atoms with van der Waals surface area (Å²) in [5.74, 6) is -0.113. The highest BCUT2D eigenvalue weighted by Gasteiger charge is 2.10. The smallest absolute Gasteiger partial charge is 0.251 e. The molecule has 0 aliphatic carbocycles. The van der Waals surface area contributed by atoms with E-state index >= 15 is 0 Å². The number of hydrogen-bond acceptors (Lipinski definition) is 4. The van der Waals surface area contributed by atoms with Crippen LogP contribution in [0, 0.1) is 6.92 Å². The molecular weight excluding hydrogens is 316 g/mol. The van der Waals surface area contributed by atoms with Gasteiger partial charge >= 0.3 is 0 Å². The minimum Gasteiger partial charge on any atom is -0.506 e. The van der Waals surface area contributed by atoms with Gasteiger partial charge in [-0.15, -0.1) is 0 Å². The second-order valence-electron chi connectivity index (χ2n) is 6.03. The largest absolute Gasteiger partial charge is 0.506 e. The molecule has 0 radical (unpaired) electrons. The van der Waals surface area contributed by atoms with Gasteiger partial charge in [-0.1, -0.05) is 0 Å². The first-order valence-corrected chi connectivity index (χ1v) is 8.31. The standard InChI is InChI=1S/C19H22N4O2/c1-13-3-6-18(24)16(22-13)12-21-19(25)15-4-5-17-14(11-15)7-10-23(17)9-2-8-20/h3-7,10-11,24H,2,8-9,12,20H2,1H3,(H,21,25). The number of carbonyl (C=O) groups excluding carboxylic acids is 1. The van der Waals surface area contributed by atoms with Gasteiger partial charge < -0.3 is 20.7 Å². The van der Waals surface area contributed by atoms with Crippen molar-refractivity contribution in [2.24, 2.45) is 5.73 Å². The number of aromatic hydroxyl groups is 1. The normalized spacial score (nSPS) is 11.0. The predicted octanol–water partition coefficient (Wildman–Crippen LogP) is 2.33. The number of benzene rings is 1. The number of carbonyl (C=O) groups is 1. The molecule has 0 atom stereocenters. The van der Waals surface area contributed by atoms with Crippen LogP contribution in [0.2, 0.25) is 0 Å². The molecule has 25 heavy (non-hydrogen) atoms. The van der Waals surface area contributed by atoms with Crippen LogP contribution in [0.5, 0.6) is 5.75 Å². The fraction of sp³-hybridized carbons (Fsp3) is 0.263. The monoisotopic (exact) mass is 338 g/mol. The summed E-state index contributed by atoms with van der Waals surface area (Å²) in [5, 5.41) is 13.6. The molecule has 0 saturated heterocycles. The van der Waals surface area contributed by atoms with E-state index in [2.05, 4.69) is 14.9 Å². The average molecular weight is 338 g/mol. The summed E-state index contributed by atoms with van der Waals surface area (Å²) in [7, 11) is 0. The molecule has 0 aliphatic rings. The number of nitrogens with two attached hydrogens (primary N) is 1. The van der Waals surface area contributed by atoms with Crippen molar-refractivity contribution in [3.8, 4) is 5.75 Å². The third-order valence-corrected chi connectivity index (χ3v) is 4.14. The zero-order chi connectivity index (χ0) is 17.8. The van der Waals surface area contributed by atoms with E-state index in [1.807, 2.05) is 31.3 Å². The summed E-state index contributed by atoms with van der Waals surface area (Å²) >= 11 is 0. The van der Waals surface area contributed by atoms with Gasteiger partial charge in [0.2, 0.25) is 0 Å². The summed E-state index contributed by atoms with van der Waals surface area (Å²) in [5.41, 5.74) is 8.49. The van der Waals surface area contributed by atoms with Gasteiger partial charge in [0.05, 0.1) is 6.54 Å². The molecule has 0 aliphatic heterocycles. The molecular formula is C19H22N4O2. The lowest BCUT2D eigenvalue weighted by Crippen LogP contribution is -2.23. The van der Waals surface area contributed by atoms with Gasteiger partial charge in [0.15, 0.2) is 0 Å². The topological polar surface area (TPSA) is 93.2 Å². The van der Waals surface area contributed by atoms with E-state index in [1.54, 1.807) is 18.2 Å². The summed E-state index contributed by atoms with van der Waals surface area (Å²) in [6.45, 7) is 3.54. The summed E-state index contributed by atoms with van der Waals surface area (Å²) in [4.78, 5) is 16.6. The minimum atomic E-state index is -0.195. The number of nitrogens with zero attached hydrogens (tertiary/aromatic N) is 2. The molecule has 4 N–H and O–H groups in total. The van der Waals surface area contributed by atoms with Crippen LogP contribution in [0.3, 0.4) is 0 Å². The third kappa shape index (κ3) is 3.80. The van der Waals surface area contributed by atoms with E-state index < -0.39 is 0 Å². The maximum atomic E-state index is 12.4. The second kappa shape index (κ2) is 7.36. The first-order chi connectivity index (χ1) is 12.1. The Balaban J connectivity index is 1.72. The number of rotatable bonds is 6.